The van der Waals surface area contributed by atoms with Gasteiger partial charge in [0.05, 0.1) is 13.2 Å². The highest BCUT2D eigenvalue weighted by molar-refractivity contribution is 5.88. The molecule has 6 nitrogen and oxygen atoms in total. The second kappa shape index (κ2) is 6.75. The van der Waals surface area contributed by atoms with Crippen molar-refractivity contribution >= 4 is 5.91 Å². The third-order valence-electron chi connectivity index (χ3n) is 3.58. The van der Waals surface area contributed by atoms with Crippen molar-refractivity contribution in [3.63, 3.8) is 0 Å². The van der Waals surface area contributed by atoms with Gasteiger partial charge in [0.25, 0.3) is 5.89 Å². The molecule has 2 heterocycles. The number of rotatable bonds is 3. The van der Waals surface area contributed by atoms with Crippen LogP contribution in [0.1, 0.15) is 25.7 Å². The van der Waals surface area contributed by atoms with E-state index in [4.69, 9.17) is 9.26 Å². The van der Waals surface area contributed by atoms with Gasteiger partial charge >= 0.3 is 0 Å². The van der Waals surface area contributed by atoms with Crippen molar-refractivity contribution in [3.8, 4) is 11.5 Å². The van der Waals surface area contributed by atoms with Crippen molar-refractivity contribution < 1.29 is 14.1 Å². The van der Waals surface area contributed by atoms with Crippen LogP contribution in [-0.4, -0.2) is 40.7 Å². The van der Waals surface area contributed by atoms with Crippen molar-refractivity contribution in [1.82, 2.24) is 15.0 Å². The molecular weight excluding hydrogens is 294 g/mol. The SMILES string of the molecule is CC(C)=CC(=O)N1CCOC[C@H]1c1noc(-c2ccccc2)n1. The molecule has 0 saturated carbocycles. The number of morpholine rings is 1. The standard InChI is InChI=1S/C17H19N3O3/c1-12(2)10-15(21)20-8-9-22-11-14(20)16-18-17(23-19-16)13-6-4-3-5-7-13/h3-7,10,14H,8-9,11H2,1-2H3/t14-/m0/s1. The largest absolute Gasteiger partial charge is 0.377 e. The number of hydrogen-bond donors (Lipinski definition) is 0. The fraction of sp³-hybridized carbons (Fsp3) is 0.353. The molecule has 1 aliphatic rings. The molecule has 0 aliphatic carbocycles. The summed E-state index contributed by atoms with van der Waals surface area (Å²) in [4.78, 5) is 18.6. The molecule has 23 heavy (non-hydrogen) atoms. The molecule has 1 saturated heterocycles. The Morgan fingerprint density at radius 3 is 2.83 bits per heavy atom. The molecule has 1 amide bonds. The first kappa shape index (κ1) is 15.4. The first-order chi connectivity index (χ1) is 11.1. The van der Waals surface area contributed by atoms with Gasteiger partial charge < -0.3 is 14.2 Å². The lowest BCUT2D eigenvalue weighted by Crippen LogP contribution is -2.43. The molecule has 1 atom stereocenters. The molecular formula is C17H19N3O3. The van der Waals surface area contributed by atoms with Crippen molar-refractivity contribution in [1.29, 1.82) is 0 Å². The summed E-state index contributed by atoms with van der Waals surface area (Å²) >= 11 is 0. The zero-order chi connectivity index (χ0) is 16.2. The van der Waals surface area contributed by atoms with Gasteiger partial charge in [-0.2, -0.15) is 4.98 Å². The Morgan fingerprint density at radius 1 is 1.30 bits per heavy atom. The highest BCUT2D eigenvalue weighted by Gasteiger charge is 2.31. The lowest BCUT2D eigenvalue weighted by molar-refractivity contribution is -0.135. The number of nitrogens with zero attached hydrogens (tertiary/aromatic N) is 3. The Balaban J connectivity index is 1.85. The topological polar surface area (TPSA) is 68.5 Å². The molecule has 0 N–H and O–H groups in total. The second-order valence-corrected chi connectivity index (χ2v) is 5.67. The molecule has 0 spiro atoms. The van der Waals surface area contributed by atoms with Crippen LogP contribution in [0.3, 0.4) is 0 Å². The van der Waals surface area contributed by atoms with E-state index in [1.807, 2.05) is 44.2 Å². The fourth-order valence-electron chi connectivity index (χ4n) is 2.48. The summed E-state index contributed by atoms with van der Waals surface area (Å²) in [5.74, 6) is 0.865. The molecule has 1 aromatic heterocycles. The highest BCUT2D eigenvalue weighted by atomic mass is 16.5. The van der Waals surface area contributed by atoms with E-state index in [2.05, 4.69) is 10.1 Å². The number of carbonyl (C=O) groups is 1. The number of ether oxygens (including phenoxy) is 1. The van der Waals surface area contributed by atoms with E-state index in [0.717, 1.165) is 11.1 Å². The van der Waals surface area contributed by atoms with Gasteiger partial charge in [-0.1, -0.05) is 28.9 Å². The van der Waals surface area contributed by atoms with Crippen molar-refractivity contribution in [2.75, 3.05) is 19.8 Å². The minimum Gasteiger partial charge on any atom is -0.377 e. The van der Waals surface area contributed by atoms with Gasteiger partial charge in [0, 0.05) is 18.2 Å². The average Bonchev–Trinajstić information content (AvgIpc) is 3.05. The number of benzene rings is 1. The Labute approximate surface area is 134 Å². The second-order valence-electron chi connectivity index (χ2n) is 5.67. The summed E-state index contributed by atoms with van der Waals surface area (Å²) < 4.78 is 10.8. The Kier molecular flexibility index (Phi) is 4.52. The summed E-state index contributed by atoms with van der Waals surface area (Å²) in [7, 11) is 0. The van der Waals surface area contributed by atoms with E-state index in [1.165, 1.54) is 0 Å². The van der Waals surface area contributed by atoms with Gasteiger partial charge in [-0.05, 0) is 26.0 Å². The molecule has 6 heteroatoms. The van der Waals surface area contributed by atoms with Crippen molar-refractivity contribution in [2.45, 2.75) is 19.9 Å². The fourth-order valence-corrected chi connectivity index (χ4v) is 2.48. The molecule has 2 aromatic rings. The van der Waals surface area contributed by atoms with Crippen LogP contribution >= 0.6 is 0 Å². The van der Waals surface area contributed by atoms with Crippen LogP contribution in [0.15, 0.2) is 46.5 Å². The van der Waals surface area contributed by atoms with Crippen LogP contribution in [0.5, 0.6) is 0 Å². The summed E-state index contributed by atoms with van der Waals surface area (Å²) in [6.45, 7) is 5.20. The Morgan fingerprint density at radius 2 is 2.09 bits per heavy atom. The van der Waals surface area contributed by atoms with Gasteiger partial charge in [0.15, 0.2) is 5.82 Å². The molecule has 1 aromatic carbocycles. The van der Waals surface area contributed by atoms with Gasteiger partial charge in [0.2, 0.25) is 5.91 Å². The number of aromatic nitrogens is 2. The number of amides is 1. The lowest BCUT2D eigenvalue weighted by Gasteiger charge is -2.33. The van der Waals surface area contributed by atoms with Crippen LogP contribution in [0.2, 0.25) is 0 Å². The molecule has 1 fully saturated rings. The monoisotopic (exact) mass is 313 g/mol. The van der Waals surface area contributed by atoms with Crippen molar-refractivity contribution in [2.24, 2.45) is 0 Å². The number of hydrogen-bond acceptors (Lipinski definition) is 5. The number of carbonyl (C=O) groups excluding carboxylic acids is 1. The lowest BCUT2D eigenvalue weighted by atomic mass is 10.2. The Bertz CT molecular complexity index is 705. The molecule has 0 unspecified atom stereocenters. The Hall–Kier alpha value is -2.47. The minimum absolute atomic E-state index is 0.0515. The van der Waals surface area contributed by atoms with E-state index >= 15 is 0 Å². The molecule has 0 bridgehead atoms. The van der Waals surface area contributed by atoms with Crippen LogP contribution in [0.25, 0.3) is 11.5 Å². The van der Waals surface area contributed by atoms with Gasteiger partial charge in [-0.3, -0.25) is 4.79 Å². The van der Waals surface area contributed by atoms with Crippen LogP contribution in [-0.2, 0) is 9.53 Å². The van der Waals surface area contributed by atoms with Gasteiger partial charge in [0.1, 0.15) is 6.04 Å². The first-order valence-electron chi connectivity index (χ1n) is 7.57. The predicted octanol–water partition coefficient (Wildman–Crippen LogP) is 2.60. The van der Waals surface area contributed by atoms with Crippen LogP contribution in [0.4, 0.5) is 0 Å². The molecule has 1 aliphatic heterocycles. The third kappa shape index (κ3) is 3.48. The molecule has 3 rings (SSSR count). The smallest absolute Gasteiger partial charge is 0.257 e. The maximum Gasteiger partial charge on any atom is 0.257 e. The predicted molar refractivity (Wildman–Crippen MR) is 84.4 cm³/mol. The quantitative estimate of drug-likeness (QED) is 0.815. The molecule has 120 valence electrons. The summed E-state index contributed by atoms with van der Waals surface area (Å²) in [6, 6.07) is 9.23. The van der Waals surface area contributed by atoms with E-state index in [1.54, 1.807) is 11.0 Å². The summed E-state index contributed by atoms with van der Waals surface area (Å²) in [6.07, 6.45) is 1.62. The zero-order valence-electron chi connectivity index (χ0n) is 13.2. The van der Waals surface area contributed by atoms with E-state index in [9.17, 15) is 4.79 Å². The van der Waals surface area contributed by atoms with Gasteiger partial charge in [-0.25, -0.2) is 0 Å². The summed E-state index contributed by atoms with van der Waals surface area (Å²) in [5, 5.41) is 4.05. The third-order valence-corrected chi connectivity index (χ3v) is 3.58. The molecule has 0 radical (unpaired) electrons. The maximum absolute atomic E-state index is 12.4. The average molecular weight is 313 g/mol. The van der Waals surface area contributed by atoms with Crippen molar-refractivity contribution in [3.05, 3.63) is 47.8 Å². The van der Waals surface area contributed by atoms with Crippen LogP contribution in [0, 0.1) is 0 Å². The van der Waals surface area contributed by atoms with Gasteiger partial charge in [-0.15, -0.1) is 0 Å². The van der Waals surface area contributed by atoms with Crippen LogP contribution < -0.4 is 0 Å². The summed E-state index contributed by atoms with van der Waals surface area (Å²) in [5.41, 5.74) is 1.81. The van der Waals surface area contributed by atoms with E-state index in [0.29, 0.717) is 31.5 Å². The minimum atomic E-state index is -0.326. The first-order valence-corrected chi connectivity index (χ1v) is 7.57. The number of allylic oxidation sites excluding steroid dienone is 1. The maximum atomic E-state index is 12.4. The highest BCUT2D eigenvalue weighted by Crippen LogP contribution is 2.25. The van der Waals surface area contributed by atoms with E-state index < -0.39 is 0 Å². The van der Waals surface area contributed by atoms with E-state index in [-0.39, 0.29) is 11.9 Å². The zero-order valence-corrected chi connectivity index (χ0v) is 13.2. The normalized spacial score (nSPS) is 17.8.